The Hall–Kier alpha value is -1.08. The number of carboxylic acids is 1. The first kappa shape index (κ1) is 47.3. The van der Waals surface area contributed by atoms with Gasteiger partial charge >= 0.3 is 65.1 Å². The van der Waals surface area contributed by atoms with Crippen LogP contribution in [0.25, 0.3) is 11.2 Å². The van der Waals surface area contributed by atoms with Gasteiger partial charge in [-0.05, 0) is 12.1 Å². The molecule has 0 bridgehead atoms. The van der Waals surface area contributed by atoms with Crippen LogP contribution in [0.1, 0.15) is 16.6 Å². The predicted octanol–water partition coefficient (Wildman–Crippen LogP) is -8.83. The van der Waals surface area contributed by atoms with Crippen molar-refractivity contribution in [2.24, 2.45) is 0 Å². The summed E-state index contributed by atoms with van der Waals surface area (Å²) < 4.78 is 49.7. The number of carboxylic acid groups (broad SMARTS) is 1. The Bertz CT molecular complexity index is 2000. The molecule has 25 nitrogen and oxygen atoms in total. The van der Waals surface area contributed by atoms with Gasteiger partial charge in [0.2, 0.25) is 5.95 Å². The average Bonchev–Trinajstić information content (AvgIpc) is 3.60. The van der Waals surface area contributed by atoms with E-state index in [1.54, 1.807) is 0 Å². The number of aliphatic hydroxyl groups is 5. The molecular weight excluding hydrogens is 836 g/mol. The minimum absolute atomic E-state index is 0. The molecule has 0 radical (unpaired) electrons. The first-order chi connectivity index (χ1) is 24.3. The number of nitro groups is 1. The molecule has 11 atom stereocenters. The number of fused-ring (bicyclic) bond motifs is 1. The van der Waals surface area contributed by atoms with Crippen LogP contribution < -0.4 is 80.2 Å². The molecule has 5 rings (SSSR count). The largest absolute Gasteiger partial charge is 1.00 e. The quantitative estimate of drug-likeness (QED) is 0.0245. The van der Waals surface area contributed by atoms with Crippen LogP contribution in [0.3, 0.4) is 0 Å². The average molecular weight is 863 g/mol. The van der Waals surface area contributed by atoms with Gasteiger partial charge in [-0.15, -0.1) is 0 Å². The predicted molar refractivity (Wildman–Crippen MR) is 167 cm³/mol. The molecular formula is C23H26N6Na2O19P2S2. The first-order valence-corrected chi connectivity index (χ1v) is 19.4. The molecule has 2 aliphatic heterocycles. The van der Waals surface area contributed by atoms with E-state index in [4.69, 9.17) is 15.2 Å². The van der Waals surface area contributed by atoms with Crippen molar-refractivity contribution in [3.8, 4) is 0 Å². The second-order valence-corrected chi connectivity index (χ2v) is 16.1. The number of phosphoric acid groups is 2. The zero-order chi connectivity index (χ0) is 38.3. The number of anilines is 1. The number of rotatable bonds is 14. The number of aromatic nitrogens is 4. The van der Waals surface area contributed by atoms with Crippen LogP contribution in [0.2, 0.25) is 0 Å². The monoisotopic (exact) mass is 862 g/mol. The number of nitrogens with two attached hydrogens (primary N) is 1. The molecule has 0 saturated carbocycles. The number of hydrogen-bond acceptors (Lipinski definition) is 23. The Balaban J connectivity index is 0.00000392. The number of H-pyrrole nitrogens is 1. The van der Waals surface area contributed by atoms with Crippen molar-refractivity contribution in [1.29, 1.82) is 0 Å². The molecule has 2 aliphatic rings. The van der Waals surface area contributed by atoms with Gasteiger partial charge in [-0.2, -0.15) is 4.98 Å². The van der Waals surface area contributed by atoms with Crippen molar-refractivity contribution in [1.82, 2.24) is 19.5 Å². The summed E-state index contributed by atoms with van der Waals surface area (Å²) >= 11 is 0. The SMILES string of the molecule is Nc1nc2c(ncn2[C@@H]2O[C@H](COP(=O)([O-])OP(=O)([O-])OC3O[C@H](CSSc4ccc([N+](=O)[O-])c(C(=O)O)c4)[C@H](O)[C@H](O)[C@H]3O)[C@@H](O)[C@H]2O)c(=O)[nH]1.[Na+].[Na+]. The van der Waals surface area contributed by atoms with Gasteiger partial charge in [0.1, 0.15) is 42.2 Å². The zero-order valence-electron chi connectivity index (χ0n) is 27.5. The van der Waals surface area contributed by atoms with Gasteiger partial charge in [-0.25, -0.2) is 14.1 Å². The summed E-state index contributed by atoms with van der Waals surface area (Å²) in [5, 5.41) is 72.1. The van der Waals surface area contributed by atoms with Gasteiger partial charge in [0.25, 0.3) is 26.9 Å². The summed E-state index contributed by atoms with van der Waals surface area (Å²) in [6, 6.07) is 3.20. The van der Waals surface area contributed by atoms with Gasteiger partial charge in [0.15, 0.2) is 23.7 Å². The smallest absolute Gasteiger partial charge is 0.756 e. The second-order valence-electron chi connectivity index (χ2n) is 10.8. The number of benzene rings is 1. The van der Waals surface area contributed by atoms with E-state index in [0.717, 1.165) is 44.6 Å². The van der Waals surface area contributed by atoms with E-state index in [9.17, 15) is 69.3 Å². The molecule has 0 aliphatic carbocycles. The molecule has 2 fully saturated rings. The Labute approximate surface area is 352 Å². The summed E-state index contributed by atoms with van der Waals surface area (Å²) in [5.41, 5.74) is 3.16. The molecule has 4 heterocycles. The summed E-state index contributed by atoms with van der Waals surface area (Å²) in [7, 11) is -10.2. The van der Waals surface area contributed by atoms with Gasteiger partial charge in [-0.1, -0.05) is 21.6 Å². The third-order valence-electron chi connectivity index (χ3n) is 7.34. The van der Waals surface area contributed by atoms with Gasteiger partial charge in [0, 0.05) is 16.7 Å². The van der Waals surface area contributed by atoms with Crippen molar-refractivity contribution >= 4 is 66.0 Å². The van der Waals surface area contributed by atoms with E-state index in [1.807, 2.05) is 0 Å². The Morgan fingerprint density at radius 3 is 2.35 bits per heavy atom. The fraction of sp³-hybridized carbons (Fsp3) is 0.478. The second kappa shape index (κ2) is 19.1. The van der Waals surface area contributed by atoms with E-state index >= 15 is 0 Å². The maximum Gasteiger partial charge on any atom is 1.00 e. The van der Waals surface area contributed by atoms with Gasteiger partial charge in [0.05, 0.1) is 24.0 Å². The third-order valence-corrected chi connectivity index (χ3v) is 12.2. The van der Waals surface area contributed by atoms with Crippen LogP contribution >= 0.6 is 37.2 Å². The Morgan fingerprint density at radius 2 is 1.70 bits per heavy atom. The molecule has 2 saturated heterocycles. The number of aliphatic hydroxyl groups excluding tert-OH is 5. The topological polar surface area (TPSA) is 398 Å². The number of aromatic carboxylic acids is 1. The normalized spacial score (nSPS) is 29.1. The molecule has 0 amide bonds. The molecule has 286 valence electrons. The van der Waals surface area contributed by atoms with Crippen molar-refractivity contribution in [2.45, 2.75) is 60.1 Å². The van der Waals surface area contributed by atoms with Crippen LogP contribution in [0.5, 0.6) is 0 Å². The fourth-order valence-corrected chi connectivity index (χ4v) is 9.20. The summed E-state index contributed by atoms with van der Waals surface area (Å²) in [4.78, 5) is 68.7. The van der Waals surface area contributed by atoms with Crippen LogP contribution in [0, 0.1) is 10.1 Å². The van der Waals surface area contributed by atoms with E-state index in [2.05, 4.69) is 28.3 Å². The number of nitrogens with one attached hydrogen (secondary N) is 1. The maximum atomic E-state index is 12.5. The van der Waals surface area contributed by atoms with Crippen molar-refractivity contribution < 1.29 is 141 Å². The first-order valence-electron chi connectivity index (χ1n) is 14.2. The van der Waals surface area contributed by atoms with Crippen molar-refractivity contribution in [3.63, 3.8) is 0 Å². The number of ether oxygens (including phenoxy) is 2. The van der Waals surface area contributed by atoms with E-state index in [1.165, 1.54) is 6.07 Å². The van der Waals surface area contributed by atoms with E-state index < -0.39 is 105 Å². The van der Waals surface area contributed by atoms with Gasteiger partial charge in [-0.3, -0.25) is 38.1 Å². The minimum Gasteiger partial charge on any atom is -0.756 e. The molecule has 0 spiro atoms. The minimum atomic E-state index is -6.04. The molecule has 3 aromatic rings. The molecule has 54 heavy (non-hydrogen) atoms. The summed E-state index contributed by atoms with van der Waals surface area (Å²) in [6.45, 7) is -1.13. The number of nitrogens with zero attached hydrogens (tertiary/aromatic N) is 4. The van der Waals surface area contributed by atoms with Crippen molar-refractivity contribution in [3.05, 3.63) is 50.6 Å². The number of phosphoric ester groups is 2. The molecule has 9 N–H and O–H groups in total. The molecule has 3 unspecified atom stereocenters. The maximum absolute atomic E-state index is 12.5. The van der Waals surface area contributed by atoms with Crippen LogP contribution in [-0.4, -0.2) is 122 Å². The number of aromatic amines is 1. The van der Waals surface area contributed by atoms with E-state index in [0.29, 0.717) is 0 Å². The standard InChI is InChI=1S/C23H28N6O19P2S2.2Na/c24-23-26-18-12(19(35)27-23)25-6-28(18)20-16(33)13(30)10(45-20)4-44-49(40,41)48-50(42,43)47-22-17(34)15(32)14(31)11(46-22)5-51-52-7-1-2-9(29(38)39)8(3-7)21(36)37;;/h1-3,6,10-11,13-17,20,22,30-34H,4-5H2,(H,36,37)(H,40,41)(H,42,43)(H3,24,26,27,35);;/q;2*+1/p-2/t10-,11-,13-,14+,15+,16-,17-,20-,22?;;/m1../s1. The van der Waals surface area contributed by atoms with Crippen LogP contribution in [0.4, 0.5) is 11.6 Å². The third kappa shape index (κ3) is 10.9. The molecule has 31 heteroatoms. The summed E-state index contributed by atoms with van der Waals surface area (Å²) in [6.07, 6.45) is -15.8. The number of nitro benzene ring substituents is 1. The Morgan fingerprint density at radius 1 is 1.04 bits per heavy atom. The summed E-state index contributed by atoms with van der Waals surface area (Å²) in [5.74, 6) is -2.18. The number of hydrogen-bond donors (Lipinski definition) is 8. The number of nitrogen functional groups attached to an aromatic ring is 1. The number of imidazole rings is 1. The van der Waals surface area contributed by atoms with Gasteiger partial charge < -0.3 is 60.2 Å². The number of carbonyl (C=O) groups is 1. The van der Waals surface area contributed by atoms with Crippen LogP contribution in [-0.2, 0) is 32.0 Å². The fourth-order valence-electron chi connectivity index (χ4n) is 4.89. The van der Waals surface area contributed by atoms with Crippen LogP contribution in [0.15, 0.2) is 34.2 Å². The Kier molecular flexibility index (Phi) is 16.7. The zero-order valence-corrected chi connectivity index (χ0v) is 34.9. The molecule has 2 aromatic heterocycles. The van der Waals surface area contributed by atoms with Crippen molar-refractivity contribution in [2.75, 3.05) is 18.1 Å². The van der Waals surface area contributed by atoms with E-state index in [-0.39, 0.29) is 86.9 Å². The molecule has 1 aromatic carbocycles.